The van der Waals surface area contributed by atoms with Crippen LogP contribution in [0.4, 0.5) is 0 Å². The lowest BCUT2D eigenvalue weighted by atomic mass is 10.0. The van der Waals surface area contributed by atoms with Crippen LogP contribution in [-0.4, -0.2) is 20.9 Å². The number of hydrogen-bond acceptors (Lipinski definition) is 3. The van der Waals surface area contributed by atoms with E-state index in [2.05, 4.69) is 54.9 Å². The van der Waals surface area contributed by atoms with Gasteiger partial charge in [0.05, 0.1) is 16.9 Å². The van der Waals surface area contributed by atoms with Crippen molar-refractivity contribution in [2.24, 2.45) is 0 Å². The summed E-state index contributed by atoms with van der Waals surface area (Å²) in [5.74, 6) is 1.30. The zero-order valence-electron chi connectivity index (χ0n) is 16.3. The Balaban J connectivity index is 1.61. The third kappa shape index (κ3) is 3.81. The number of para-hydroxylation sites is 1. The van der Waals surface area contributed by atoms with Crippen LogP contribution in [0.15, 0.2) is 53.3 Å². The maximum Gasteiger partial charge on any atom is 0.258 e. The van der Waals surface area contributed by atoms with E-state index in [1.54, 1.807) is 0 Å². The van der Waals surface area contributed by atoms with E-state index in [-0.39, 0.29) is 11.6 Å². The van der Waals surface area contributed by atoms with Crippen molar-refractivity contribution in [1.82, 2.24) is 14.9 Å². The number of aromatic nitrogens is 2. The van der Waals surface area contributed by atoms with Crippen LogP contribution < -0.4 is 5.56 Å². The van der Waals surface area contributed by atoms with Gasteiger partial charge in [-0.3, -0.25) is 9.69 Å². The van der Waals surface area contributed by atoms with E-state index in [1.807, 2.05) is 24.3 Å². The summed E-state index contributed by atoms with van der Waals surface area (Å²) < 4.78 is 0. The van der Waals surface area contributed by atoms with Gasteiger partial charge >= 0.3 is 0 Å². The first-order valence-electron chi connectivity index (χ1n) is 9.86. The number of fused-ring (bicyclic) bond motifs is 1. The molecule has 1 fully saturated rings. The fraction of sp³-hybridized carbons (Fsp3) is 0.391. The van der Waals surface area contributed by atoms with Crippen molar-refractivity contribution in [3.63, 3.8) is 0 Å². The van der Waals surface area contributed by atoms with E-state index in [0.29, 0.717) is 17.3 Å². The Morgan fingerprint density at radius 1 is 1.07 bits per heavy atom. The molecule has 0 bridgehead atoms. The summed E-state index contributed by atoms with van der Waals surface area (Å²) in [5.41, 5.74) is 3.38. The van der Waals surface area contributed by atoms with Gasteiger partial charge < -0.3 is 4.98 Å². The normalized spacial score (nSPS) is 15.6. The molecule has 0 unspecified atom stereocenters. The van der Waals surface area contributed by atoms with E-state index >= 15 is 0 Å². The number of aromatic amines is 1. The van der Waals surface area contributed by atoms with Crippen LogP contribution in [0.25, 0.3) is 10.9 Å². The van der Waals surface area contributed by atoms with E-state index in [0.717, 1.165) is 17.9 Å². The predicted octanol–water partition coefficient (Wildman–Crippen LogP) is 4.77. The summed E-state index contributed by atoms with van der Waals surface area (Å²) in [6, 6.07) is 17.1. The smallest absolute Gasteiger partial charge is 0.258 e. The number of benzene rings is 2. The van der Waals surface area contributed by atoms with Crippen LogP contribution in [0.2, 0.25) is 0 Å². The van der Waals surface area contributed by atoms with Gasteiger partial charge in [-0.2, -0.15) is 0 Å². The molecule has 1 saturated carbocycles. The van der Waals surface area contributed by atoms with Crippen LogP contribution in [0.3, 0.4) is 0 Å². The predicted molar refractivity (Wildman–Crippen MR) is 110 cm³/mol. The Morgan fingerprint density at radius 3 is 2.44 bits per heavy atom. The molecule has 2 aromatic carbocycles. The number of nitrogens with zero attached hydrogens (tertiary/aromatic N) is 2. The molecule has 0 radical (unpaired) electrons. The van der Waals surface area contributed by atoms with Crippen molar-refractivity contribution in [3.8, 4) is 0 Å². The molecule has 140 valence electrons. The molecule has 0 amide bonds. The standard InChI is InChI=1S/C23H27N3O/c1-15(2)18-10-8-17(9-11-18)14-26(19-12-13-19)16(3)22-24-21-7-5-4-6-20(21)23(27)25-22/h4-11,15-16,19H,12-14H2,1-3H3,(H,24,25,27)/t16-/m1/s1. The third-order valence-corrected chi connectivity index (χ3v) is 5.55. The topological polar surface area (TPSA) is 49.0 Å². The average molecular weight is 361 g/mol. The fourth-order valence-corrected chi connectivity index (χ4v) is 3.67. The zero-order valence-corrected chi connectivity index (χ0v) is 16.3. The Hall–Kier alpha value is -2.46. The van der Waals surface area contributed by atoms with Gasteiger partial charge in [-0.25, -0.2) is 4.98 Å². The van der Waals surface area contributed by atoms with Crippen molar-refractivity contribution in [2.45, 2.75) is 58.2 Å². The van der Waals surface area contributed by atoms with Gasteiger partial charge in [0.2, 0.25) is 0 Å². The molecule has 4 heteroatoms. The highest BCUT2D eigenvalue weighted by atomic mass is 16.1. The van der Waals surface area contributed by atoms with E-state index in [4.69, 9.17) is 4.98 Å². The second-order valence-electron chi connectivity index (χ2n) is 7.94. The Bertz CT molecular complexity index is 986. The Kier molecular flexibility index (Phi) is 4.83. The maximum atomic E-state index is 12.5. The van der Waals surface area contributed by atoms with Gasteiger partial charge in [0.1, 0.15) is 5.82 Å². The molecule has 1 aliphatic carbocycles. The Labute approximate surface area is 160 Å². The highest BCUT2D eigenvalue weighted by Gasteiger charge is 2.33. The van der Waals surface area contributed by atoms with Gasteiger partial charge in [-0.05, 0) is 48.9 Å². The summed E-state index contributed by atoms with van der Waals surface area (Å²) in [6.07, 6.45) is 2.43. The lowest BCUT2D eigenvalue weighted by Crippen LogP contribution is -2.31. The molecule has 1 heterocycles. The molecule has 3 aromatic rings. The second-order valence-corrected chi connectivity index (χ2v) is 7.94. The molecular formula is C23H27N3O. The van der Waals surface area contributed by atoms with Gasteiger partial charge in [0.25, 0.3) is 5.56 Å². The monoisotopic (exact) mass is 361 g/mol. The number of H-pyrrole nitrogens is 1. The minimum atomic E-state index is -0.0560. The number of hydrogen-bond donors (Lipinski definition) is 1. The SMILES string of the molecule is CC(C)c1ccc(CN(C2CC2)[C@H](C)c2nc3ccccc3c(=O)[nH]2)cc1. The lowest BCUT2D eigenvalue weighted by molar-refractivity contribution is 0.183. The molecule has 0 aliphatic heterocycles. The molecule has 27 heavy (non-hydrogen) atoms. The van der Waals surface area contributed by atoms with Gasteiger partial charge in [-0.1, -0.05) is 50.2 Å². The average Bonchev–Trinajstić information content (AvgIpc) is 3.51. The van der Waals surface area contributed by atoms with Crippen molar-refractivity contribution in [2.75, 3.05) is 0 Å². The van der Waals surface area contributed by atoms with Crippen LogP contribution in [0, 0.1) is 0 Å². The highest BCUT2D eigenvalue weighted by Crippen LogP contribution is 2.35. The quantitative estimate of drug-likeness (QED) is 0.688. The summed E-state index contributed by atoms with van der Waals surface area (Å²) in [6.45, 7) is 7.46. The minimum absolute atomic E-state index is 0.0560. The largest absolute Gasteiger partial charge is 0.309 e. The first kappa shape index (κ1) is 17.9. The number of rotatable bonds is 6. The molecule has 0 saturated heterocycles. The number of nitrogens with one attached hydrogen (secondary N) is 1. The first-order valence-corrected chi connectivity index (χ1v) is 9.86. The molecule has 1 aromatic heterocycles. The maximum absolute atomic E-state index is 12.5. The van der Waals surface area contributed by atoms with E-state index < -0.39 is 0 Å². The van der Waals surface area contributed by atoms with Gasteiger partial charge in [0.15, 0.2) is 0 Å². The lowest BCUT2D eigenvalue weighted by Gasteiger charge is -2.28. The van der Waals surface area contributed by atoms with Crippen LogP contribution in [0.1, 0.15) is 62.5 Å². The summed E-state index contributed by atoms with van der Waals surface area (Å²) >= 11 is 0. The summed E-state index contributed by atoms with van der Waals surface area (Å²) in [4.78, 5) is 22.7. The van der Waals surface area contributed by atoms with Crippen molar-refractivity contribution < 1.29 is 0 Å². The zero-order chi connectivity index (χ0) is 19.0. The molecule has 0 spiro atoms. The fourth-order valence-electron chi connectivity index (χ4n) is 3.67. The molecule has 4 rings (SSSR count). The van der Waals surface area contributed by atoms with E-state index in [9.17, 15) is 4.79 Å². The van der Waals surface area contributed by atoms with Crippen molar-refractivity contribution in [1.29, 1.82) is 0 Å². The van der Waals surface area contributed by atoms with Crippen LogP contribution in [0.5, 0.6) is 0 Å². The molecule has 1 atom stereocenters. The molecule has 1 N–H and O–H groups in total. The van der Waals surface area contributed by atoms with Crippen molar-refractivity contribution >= 4 is 10.9 Å². The molecule has 4 nitrogen and oxygen atoms in total. The van der Waals surface area contributed by atoms with E-state index in [1.165, 1.54) is 24.0 Å². The van der Waals surface area contributed by atoms with Crippen LogP contribution >= 0.6 is 0 Å². The Morgan fingerprint density at radius 2 is 1.78 bits per heavy atom. The van der Waals surface area contributed by atoms with Gasteiger partial charge in [-0.15, -0.1) is 0 Å². The summed E-state index contributed by atoms with van der Waals surface area (Å²) in [7, 11) is 0. The highest BCUT2D eigenvalue weighted by molar-refractivity contribution is 5.77. The third-order valence-electron chi connectivity index (χ3n) is 5.55. The van der Waals surface area contributed by atoms with Crippen LogP contribution in [-0.2, 0) is 6.54 Å². The first-order chi connectivity index (χ1) is 13.0. The summed E-state index contributed by atoms with van der Waals surface area (Å²) in [5, 5.41) is 0.649. The molecular weight excluding hydrogens is 334 g/mol. The van der Waals surface area contributed by atoms with Gasteiger partial charge in [0, 0.05) is 12.6 Å². The molecule has 1 aliphatic rings. The minimum Gasteiger partial charge on any atom is -0.309 e. The van der Waals surface area contributed by atoms with Crippen molar-refractivity contribution in [3.05, 3.63) is 75.8 Å². The second kappa shape index (κ2) is 7.28.